The summed E-state index contributed by atoms with van der Waals surface area (Å²) in [6, 6.07) is 7.52. The highest BCUT2D eigenvalue weighted by Gasteiger charge is 2.35. The maximum absolute atomic E-state index is 11.6. The normalized spacial score (nSPS) is 16.8. The summed E-state index contributed by atoms with van der Waals surface area (Å²) in [6.45, 7) is 3.35. The third kappa shape index (κ3) is 2.88. The first kappa shape index (κ1) is 16.8. The largest absolute Gasteiger partial charge is 0.369 e. The Balaban J connectivity index is 1.61. The van der Waals surface area contributed by atoms with E-state index in [1.54, 1.807) is 6.20 Å². The van der Waals surface area contributed by atoms with Crippen molar-refractivity contribution in [3.8, 4) is 11.3 Å². The van der Waals surface area contributed by atoms with Crippen LogP contribution in [-0.2, 0) is 4.79 Å². The Morgan fingerprint density at radius 1 is 1.35 bits per heavy atom. The van der Waals surface area contributed by atoms with Crippen LogP contribution in [0.4, 0.5) is 5.82 Å². The molecule has 0 spiro atoms. The molecule has 4 rings (SSSR count). The van der Waals surface area contributed by atoms with Gasteiger partial charge in [-0.2, -0.15) is 5.10 Å². The zero-order valence-electron chi connectivity index (χ0n) is 14.4. The fourth-order valence-corrected chi connectivity index (χ4v) is 3.45. The first-order valence-corrected chi connectivity index (χ1v) is 8.86. The van der Waals surface area contributed by atoms with Crippen molar-refractivity contribution in [2.24, 2.45) is 11.1 Å². The highest BCUT2D eigenvalue weighted by atomic mass is 35.5. The van der Waals surface area contributed by atoms with E-state index in [-0.39, 0.29) is 5.91 Å². The Labute approximate surface area is 155 Å². The van der Waals surface area contributed by atoms with Gasteiger partial charge >= 0.3 is 0 Å². The Bertz CT molecular complexity index is 977. The number of nitrogens with one attached hydrogen (secondary N) is 1. The predicted molar refractivity (Wildman–Crippen MR) is 101 cm³/mol. The summed E-state index contributed by atoms with van der Waals surface area (Å²) in [5, 5.41) is 7.95. The van der Waals surface area contributed by atoms with Crippen LogP contribution in [0.3, 0.4) is 0 Å². The van der Waals surface area contributed by atoms with Gasteiger partial charge in [-0.1, -0.05) is 30.7 Å². The maximum atomic E-state index is 11.6. The van der Waals surface area contributed by atoms with E-state index in [0.717, 1.165) is 17.1 Å². The minimum atomic E-state index is -0.444. The molecule has 1 saturated heterocycles. The average molecular weight is 371 g/mol. The monoisotopic (exact) mass is 370 g/mol. The molecule has 7 nitrogen and oxygen atoms in total. The van der Waals surface area contributed by atoms with Gasteiger partial charge in [0.25, 0.3) is 0 Å². The van der Waals surface area contributed by atoms with E-state index < -0.39 is 5.41 Å². The van der Waals surface area contributed by atoms with Crippen molar-refractivity contribution in [2.75, 3.05) is 18.0 Å². The Kier molecular flexibility index (Phi) is 4.03. The molecule has 1 aromatic carbocycles. The number of benzene rings is 1. The topological polar surface area (TPSA) is 101 Å². The summed E-state index contributed by atoms with van der Waals surface area (Å²) >= 11 is 6.08. The zero-order valence-corrected chi connectivity index (χ0v) is 15.1. The highest BCUT2D eigenvalue weighted by Crippen LogP contribution is 2.33. The van der Waals surface area contributed by atoms with E-state index >= 15 is 0 Å². The number of hydrogen-bond donors (Lipinski definition) is 2. The van der Waals surface area contributed by atoms with E-state index in [9.17, 15) is 4.79 Å². The molecule has 134 valence electrons. The van der Waals surface area contributed by atoms with Crippen LogP contribution in [0.2, 0.25) is 5.02 Å². The second-order valence-corrected chi connectivity index (χ2v) is 7.36. The number of carbonyl (C=O) groups excluding carboxylic acids is 1. The van der Waals surface area contributed by atoms with Gasteiger partial charge in [-0.15, -0.1) is 0 Å². The molecular formula is C18H19ClN6O. The number of primary amides is 1. The molecule has 1 aliphatic rings. The average Bonchev–Trinajstić information content (AvgIpc) is 3.05. The van der Waals surface area contributed by atoms with Gasteiger partial charge < -0.3 is 10.6 Å². The summed E-state index contributed by atoms with van der Waals surface area (Å²) in [5.41, 5.74) is 8.04. The van der Waals surface area contributed by atoms with Crippen molar-refractivity contribution in [1.29, 1.82) is 0 Å². The third-order valence-electron chi connectivity index (χ3n) is 5.15. The van der Waals surface area contributed by atoms with Gasteiger partial charge in [0.2, 0.25) is 11.6 Å². The molecule has 26 heavy (non-hydrogen) atoms. The number of carbonyl (C=O) groups is 1. The maximum Gasteiger partial charge on any atom is 0.223 e. The lowest BCUT2D eigenvalue weighted by molar-refractivity contribution is -0.127. The van der Waals surface area contributed by atoms with Crippen molar-refractivity contribution in [3.05, 3.63) is 35.5 Å². The number of aromatic nitrogens is 4. The fourth-order valence-electron chi connectivity index (χ4n) is 3.26. The van der Waals surface area contributed by atoms with Crippen LogP contribution in [0.1, 0.15) is 19.8 Å². The number of anilines is 1. The molecule has 3 heterocycles. The van der Waals surface area contributed by atoms with Crippen LogP contribution < -0.4 is 10.6 Å². The summed E-state index contributed by atoms with van der Waals surface area (Å²) in [5.74, 6) is 0.519. The smallest absolute Gasteiger partial charge is 0.223 e. The molecule has 3 aromatic rings. The van der Waals surface area contributed by atoms with Crippen LogP contribution in [0.15, 0.2) is 30.5 Å². The SMILES string of the molecule is CC1(C(N)=O)CCN(c2cnc3c(-c4cccc(Cl)c4)[nH]nc3n2)CC1. The minimum Gasteiger partial charge on any atom is -0.369 e. The first-order chi connectivity index (χ1) is 12.5. The number of nitrogens with zero attached hydrogens (tertiary/aromatic N) is 4. The molecule has 0 bridgehead atoms. The van der Waals surface area contributed by atoms with Crippen molar-refractivity contribution in [2.45, 2.75) is 19.8 Å². The van der Waals surface area contributed by atoms with Crippen molar-refractivity contribution in [1.82, 2.24) is 20.2 Å². The van der Waals surface area contributed by atoms with E-state index in [2.05, 4.69) is 25.1 Å². The number of amides is 1. The second-order valence-electron chi connectivity index (χ2n) is 6.92. The molecular weight excluding hydrogens is 352 g/mol. The van der Waals surface area contributed by atoms with Crippen LogP contribution >= 0.6 is 11.6 Å². The molecule has 0 radical (unpaired) electrons. The summed E-state index contributed by atoms with van der Waals surface area (Å²) in [6.07, 6.45) is 3.16. The second kappa shape index (κ2) is 6.25. The number of rotatable bonds is 3. The van der Waals surface area contributed by atoms with Crippen LogP contribution in [0.25, 0.3) is 22.4 Å². The van der Waals surface area contributed by atoms with E-state index in [4.69, 9.17) is 17.3 Å². The molecule has 2 aromatic heterocycles. The number of hydrogen-bond acceptors (Lipinski definition) is 5. The lowest BCUT2D eigenvalue weighted by atomic mass is 9.80. The van der Waals surface area contributed by atoms with Gasteiger partial charge in [0, 0.05) is 29.1 Å². The van der Waals surface area contributed by atoms with Gasteiger partial charge in [0.15, 0.2) is 0 Å². The molecule has 0 aliphatic carbocycles. The van der Waals surface area contributed by atoms with Gasteiger partial charge in [0.05, 0.1) is 11.9 Å². The van der Waals surface area contributed by atoms with E-state index in [1.807, 2.05) is 31.2 Å². The number of aromatic amines is 1. The summed E-state index contributed by atoms with van der Waals surface area (Å²) in [4.78, 5) is 22.9. The van der Waals surface area contributed by atoms with Crippen molar-refractivity contribution in [3.63, 3.8) is 0 Å². The lowest BCUT2D eigenvalue weighted by Crippen LogP contribution is -2.45. The van der Waals surface area contributed by atoms with E-state index in [1.165, 1.54) is 0 Å². The minimum absolute atomic E-state index is 0.239. The molecule has 0 atom stereocenters. The first-order valence-electron chi connectivity index (χ1n) is 8.48. The molecule has 8 heteroatoms. The Morgan fingerprint density at radius 2 is 2.12 bits per heavy atom. The van der Waals surface area contributed by atoms with Gasteiger partial charge in [-0.05, 0) is 25.0 Å². The number of H-pyrrole nitrogens is 1. The molecule has 0 saturated carbocycles. The number of nitrogens with two attached hydrogens (primary N) is 1. The molecule has 0 unspecified atom stereocenters. The van der Waals surface area contributed by atoms with Crippen molar-refractivity contribution >= 4 is 34.5 Å². The quantitative estimate of drug-likeness (QED) is 0.738. The Morgan fingerprint density at radius 3 is 2.81 bits per heavy atom. The van der Waals surface area contributed by atoms with Gasteiger partial charge in [-0.3, -0.25) is 9.89 Å². The fraction of sp³-hybridized carbons (Fsp3) is 0.333. The predicted octanol–water partition coefficient (Wildman–Crippen LogP) is 2.77. The molecule has 1 fully saturated rings. The van der Waals surface area contributed by atoms with Crippen molar-refractivity contribution < 1.29 is 4.79 Å². The van der Waals surface area contributed by atoms with Crippen LogP contribution in [-0.4, -0.2) is 39.2 Å². The van der Waals surface area contributed by atoms with E-state index in [0.29, 0.717) is 42.1 Å². The van der Waals surface area contributed by atoms with Gasteiger partial charge in [-0.25, -0.2) is 9.97 Å². The number of piperidine rings is 1. The zero-order chi connectivity index (χ0) is 18.3. The molecule has 1 amide bonds. The van der Waals surface area contributed by atoms with Crippen LogP contribution in [0.5, 0.6) is 0 Å². The summed E-state index contributed by atoms with van der Waals surface area (Å²) < 4.78 is 0. The lowest BCUT2D eigenvalue weighted by Gasteiger charge is -2.37. The van der Waals surface area contributed by atoms with Crippen LogP contribution in [0, 0.1) is 5.41 Å². The Hall–Kier alpha value is -2.67. The molecule has 1 aliphatic heterocycles. The third-order valence-corrected chi connectivity index (χ3v) is 5.39. The number of halogens is 1. The molecule has 3 N–H and O–H groups in total. The highest BCUT2D eigenvalue weighted by molar-refractivity contribution is 6.30. The summed E-state index contributed by atoms with van der Waals surface area (Å²) in [7, 11) is 0. The standard InChI is InChI=1S/C18H19ClN6O/c1-18(17(20)26)5-7-25(8-6-18)13-10-21-15-14(23-24-16(15)22-13)11-3-2-4-12(19)9-11/h2-4,9-10H,5-8H2,1H3,(H2,20,26)(H,22,23,24). The number of fused-ring (bicyclic) bond motifs is 1. The van der Waals surface area contributed by atoms with Gasteiger partial charge in [0.1, 0.15) is 11.3 Å².